The summed E-state index contributed by atoms with van der Waals surface area (Å²) in [5.74, 6) is 0. The summed E-state index contributed by atoms with van der Waals surface area (Å²) >= 11 is 6.14. The van der Waals surface area contributed by atoms with E-state index in [1.807, 2.05) is 0 Å². The molecule has 4 rings (SSSR count). The molecule has 2 aliphatic heterocycles. The van der Waals surface area contributed by atoms with Gasteiger partial charge in [0.05, 0.1) is 23.2 Å². The van der Waals surface area contributed by atoms with Gasteiger partial charge in [-0.1, -0.05) is 23.8 Å². The maximum Gasteiger partial charge on any atom is 0.416 e. The Balaban J connectivity index is 1.74. The average molecular weight is 463 g/mol. The third-order valence-electron chi connectivity index (χ3n) is 5.12. The van der Waals surface area contributed by atoms with Gasteiger partial charge in [-0.3, -0.25) is 4.90 Å². The first kappa shape index (κ1) is 21.5. The zero-order chi connectivity index (χ0) is 22.7. The van der Waals surface area contributed by atoms with E-state index >= 15 is 0 Å². The molecule has 0 unspecified atom stereocenters. The topological polar surface area (TPSA) is 42.4 Å². The Labute approximate surface area is 177 Å². The summed E-state index contributed by atoms with van der Waals surface area (Å²) in [6, 6.07) is 1.25. The molecule has 31 heavy (non-hydrogen) atoms. The number of pyridine rings is 1. The molecule has 1 amide bonds. The van der Waals surface area contributed by atoms with Gasteiger partial charge in [-0.15, -0.1) is 0 Å². The lowest BCUT2D eigenvalue weighted by Gasteiger charge is -2.24. The van der Waals surface area contributed by atoms with E-state index < -0.39 is 53.3 Å². The molecule has 3 heterocycles. The lowest BCUT2D eigenvalue weighted by Crippen LogP contribution is -2.31. The molecule has 0 aliphatic carbocycles. The van der Waals surface area contributed by atoms with Gasteiger partial charge in [-0.05, 0) is 42.3 Å². The molecule has 0 saturated carbocycles. The van der Waals surface area contributed by atoms with E-state index in [4.69, 9.17) is 16.3 Å². The van der Waals surface area contributed by atoms with Crippen LogP contribution in [0.5, 0.6) is 0 Å². The third-order valence-corrected chi connectivity index (χ3v) is 5.44. The zero-order valence-electron chi connectivity index (χ0n) is 15.6. The molecular weight excluding hydrogens is 450 g/mol. The smallest absolute Gasteiger partial charge is 0.416 e. The van der Waals surface area contributed by atoms with Crippen molar-refractivity contribution in [2.75, 3.05) is 0 Å². The predicted octanol–water partition coefficient (Wildman–Crippen LogP) is 6.25. The van der Waals surface area contributed by atoms with Gasteiger partial charge < -0.3 is 4.74 Å². The van der Waals surface area contributed by atoms with Crippen molar-refractivity contribution in [2.24, 2.45) is 0 Å². The van der Waals surface area contributed by atoms with Crippen LogP contribution in [0.25, 0.3) is 0 Å². The second kappa shape index (κ2) is 7.15. The second-order valence-corrected chi connectivity index (χ2v) is 7.62. The number of hydrogen-bond donors (Lipinski definition) is 0. The van der Waals surface area contributed by atoms with Crippen LogP contribution in [0.1, 0.15) is 40.0 Å². The third kappa shape index (κ3) is 3.84. The number of halogens is 7. The van der Waals surface area contributed by atoms with Crippen LogP contribution in [0.2, 0.25) is 5.15 Å². The van der Waals surface area contributed by atoms with Gasteiger partial charge in [-0.2, -0.15) is 26.3 Å². The first-order valence-corrected chi connectivity index (χ1v) is 9.33. The summed E-state index contributed by atoms with van der Waals surface area (Å²) in [6.45, 7) is 1.76. The van der Waals surface area contributed by atoms with E-state index in [2.05, 4.69) is 4.98 Å². The van der Waals surface area contributed by atoms with E-state index in [1.165, 1.54) is 17.2 Å². The summed E-state index contributed by atoms with van der Waals surface area (Å²) in [4.78, 5) is 17.8. The maximum absolute atomic E-state index is 13.2. The molecule has 2 aliphatic rings. The standard InChI is InChI=1S/C20H13ClF6N2O2/c1-9-4-13(17(21)28-8-9)14-2-3-15-16(31-18(30)29(14)15)10-5-11(19(22,23)24)7-12(6-10)20(25,26)27/h2-8,14-16H,1H3/t14-,15-,16+/m0/s1. The van der Waals surface area contributed by atoms with Gasteiger partial charge in [-0.25, -0.2) is 9.78 Å². The van der Waals surface area contributed by atoms with Crippen molar-refractivity contribution >= 4 is 17.7 Å². The van der Waals surface area contributed by atoms with E-state index in [1.54, 1.807) is 19.1 Å². The number of amides is 1. The van der Waals surface area contributed by atoms with Crippen molar-refractivity contribution in [1.29, 1.82) is 0 Å². The summed E-state index contributed by atoms with van der Waals surface area (Å²) in [6.07, 6.45) is -7.62. The number of rotatable bonds is 2. The SMILES string of the molecule is Cc1cnc(Cl)c([C@@H]2C=C[C@H]3[C@@H](c4cc(C(F)(F)F)cc(C(F)(F)F)c4)OC(=O)N23)c1. The van der Waals surface area contributed by atoms with Crippen molar-refractivity contribution in [3.05, 3.63) is 75.6 Å². The predicted molar refractivity (Wildman–Crippen MR) is 97.2 cm³/mol. The summed E-state index contributed by atoms with van der Waals surface area (Å²) in [5, 5.41) is 0.121. The molecule has 11 heteroatoms. The van der Waals surface area contributed by atoms with Crippen LogP contribution in [0.3, 0.4) is 0 Å². The number of aromatic nitrogens is 1. The normalized spacial score (nSPS) is 23.3. The van der Waals surface area contributed by atoms with Crippen molar-refractivity contribution in [3.63, 3.8) is 0 Å². The largest absolute Gasteiger partial charge is 0.439 e. The Morgan fingerprint density at radius 2 is 1.61 bits per heavy atom. The number of carbonyl (C=O) groups is 1. The highest BCUT2D eigenvalue weighted by Crippen LogP contribution is 2.46. The van der Waals surface area contributed by atoms with Crippen LogP contribution in [0.15, 0.2) is 42.6 Å². The number of hydrogen-bond acceptors (Lipinski definition) is 3. The number of ether oxygens (including phenoxy) is 1. The van der Waals surface area contributed by atoms with Gasteiger partial charge in [0, 0.05) is 11.8 Å². The summed E-state index contributed by atoms with van der Waals surface area (Å²) in [5.41, 5.74) is -2.12. The fourth-order valence-corrected chi connectivity index (χ4v) is 3.97. The van der Waals surface area contributed by atoms with E-state index in [0.717, 1.165) is 5.56 Å². The lowest BCUT2D eigenvalue weighted by atomic mass is 9.97. The van der Waals surface area contributed by atoms with Gasteiger partial charge in [0.2, 0.25) is 0 Å². The zero-order valence-corrected chi connectivity index (χ0v) is 16.4. The minimum Gasteiger partial charge on any atom is -0.439 e. The number of fused-ring (bicyclic) bond motifs is 1. The number of cyclic esters (lactones) is 1. The first-order valence-electron chi connectivity index (χ1n) is 8.95. The van der Waals surface area contributed by atoms with Crippen LogP contribution in [0.4, 0.5) is 31.1 Å². The Morgan fingerprint density at radius 3 is 2.19 bits per heavy atom. The molecule has 1 aromatic heterocycles. The quantitative estimate of drug-likeness (QED) is 0.301. The minimum absolute atomic E-state index is 0.0313. The molecule has 164 valence electrons. The van der Waals surface area contributed by atoms with Crippen LogP contribution < -0.4 is 0 Å². The van der Waals surface area contributed by atoms with Gasteiger partial charge in [0.1, 0.15) is 5.15 Å². The monoisotopic (exact) mass is 462 g/mol. The number of alkyl halides is 6. The molecule has 1 fully saturated rings. The van der Waals surface area contributed by atoms with Crippen molar-refractivity contribution in [2.45, 2.75) is 37.5 Å². The average Bonchev–Trinajstić information content (AvgIpc) is 3.23. The highest BCUT2D eigenvalue weighted by Gasteiger charge is 2.49. The molecule has 2 aromatic rings. The Hall–Kier alpha value is -2.75. The molecule has 0 spiro atoms. The van der Waals surface area contributed by atoms with E-state index in [-0.39, 0.29) is 11.2 Å². The molecule has 0 radical (unpaired) electrons. The van der Waals surface area contributed by atoms with Gasteiger partial charge in [0.25, 0.3) is 0 Å². The molecular formula is C20H13ClF6N2O2. The van der Waals surface area contributed by atoms with Gasteiger partial charge in [0.15, 0.2) is 6.10 Å². The fraction of sp³-hybridized carbons (Fsp3) is 0.300. The van der Waals surface area contributed by atoms with Crippen LogP contribution in [-0.2, 0) is 17.1 Å². The molecule has 1 aromatic carbocycles. The van der Waals surface area contributed by atoms with Crippen LogP contribution in [0, 0.1) is 6.92 Å². The van der Waals surface area contributed by atoms with Crippen molar-refractivity contribution in [3.8, 4) is 0 Å². The molecule has 0 bridgehead atoms. The Morgan fingerprint density at radius 1 is 1.00 bits per heavy atom. The lowest BCUT2D eigenvalue weighted by molar-refractivity contribution is -0.143. The van der Waals surface area contributed by atoms with E-state index in [0.29, 0.717) is 17.7 Å². The van der Waals surface area contributed by atoms with Crippen molar-refractivity contribution in [1.82, 2.24) is 9.88 Å². The number of nitrogens with zero attached hydrogens (tertiary/aromatic N) is 2. The number of carbonyl (C=O) groups excluding carboxylic acids is 1. The van der Waals surface area contributed by atoms with Gasteiger partial charge >= 0.3 is 18.4 Å². The van der Waals surface area contributed by atoms with E-state index in [9.17, 15) is 31.1 Å². The number of aryl methyl sites for hydroxylation is 1. The second-order valence-electron chi connectivity index (χ2n) is 7.26. The molecule has 3 atom stereocenters. The first-order chi connectivity index (χ1) is 14.4. The highest BCUT2D eigenvalue weighted by molar-refractivity contribution is 6.30. The molecule has 1 saturated heterocycles. The fourth-order valence-electron chi connectivity index (χ4n) is 3.76. The molecule has 4 nitrogen and oxygen atoms in total. The van der Waals surface area contributed by atoms with Crippen LogP contribution in [-0.4, -0.2) is 22.0 Å². The Kier molecular flexibility index (Phi) is 4.95. The van der Waals surface area contributed by atoms with Crippen LogP contribution >= 0.6 is 11.6 Å². The minimum atomic E-state index is -5.01. The summed E-state index contributed by atoms with van der Waals surface area (Å²) < 4.78 is 84.5. The Bertz CT molecular complexity index is 1050. The number of benzene rings is 1. The summed E-state index contributed by atoms with van der Waals surface area (Å²) in [7, 11) is 0. The maximum atomic E-state index is 13.2. The molecule has 0 N–H and O–H groups in total. The highest BCUT2D eigenvalue weighted by atomic mass is 35.5. The van der Waals surface area contributed by atoms with Crippen molar-refractivity contribution < 1.29 is 35.9 Å².